The van der Waals surface area contributed by atoms with Crippen molar-refractivity contribution in [3.63, 3.8) is 0 Å². The Hall–Kier alpha value is -1.27. The van der Waals surface area contributed by atoms with Crippen LogP contribution in [0.3, 0.4) is 0 Å². The van der Waals surface area contributed by atoms with Crippen molar-refractivity contribution in [3.8, 4) is 11.8 Å². The lowest BCUT2D eigenvalue weighted by molar-refractivity contribution is -0.143. The monoisotopic (exact) mass is 334 g/mol. The fourth-order valence-corrected chi connectivity index (χ4v) is 3.06. The molecule has 1 aliphatic rings. The smallest absolute Gasteiger partial charge is 0.312 e. The molecule has 136 valence electrons. The van der Waals surface area contributed by atoms with Crippen molar-refractivity contribution in [2.24, 2.45) is 5.92 Å². The molecule has 0 aromatic carbocycles. The van der Waals surface area contributed by atoms with E-state index in [9.17, 15) is 9.90 Å². The zero-order chi connectivity index (χ0) is 17.6. The van der Waals surface area contributed by atoms with Crippen molar-refractivity contribution in [2.75, 3.05) is 0 Å². The molecule has 1 aliphatic heterocycles. The van der Waals surface area contributed by atoms with Crippen LogP contribution in [0.2, 0.25) is 0 Å². The van der Waals surface area contributed by atoms with E-state index in [2.05, 4.69) is 18.4 Å². The first-order valence-corrected chi connectivity index (χ1v) is 9.62. The number of aliphatic hydroxyl groups excluding tert-OH is 1. The molecule has 0 aromatic rings. The SMILES string of the molecule is C=CCCCCCCC#CCCCCCC[C@@H]1C(=O)O[C@@H](C)[C@@H]1O. The number of ether oxygens (including phenoxy) is 1. The summed E-state index contributed by atoms with van der Waals surface area (Å²) in [7, 11) is 0. The minimum atomic E-state index is -0.625. The molecular formula is C21H34O3. The van der Waals surface area contributed by atoms with Crippen molar-refractivity contribution in [2.45, 2.75) is 96.2 Å². The van der Waals surface area contributed by atoms with E-state index in [1.54, 1.807) is 6.92 Å². The summed E-state index contributed by atoms with van der Waals surface area (Å²) in [6.45, 7) is 5.48. The Morgan fingerprint density at radius 1 is 1.04 bits per heavy atom. The molecule has 0 radical (unpaired) electrons. The molecule has 0 saturated carbocycles. The maximum absolute atomic E-state index is 11.6. The van der Waals surface area contributed by atoms with Crippen molar-refractivity contribution in [1.82, 2.24) is 0 Å². The number of rotatable bonds is 12. The van der Waals surface area contributed by atoms with E-state index in [1.807, 2.05) is 6.08 Å². The summed E-state index contributed by atoms with van der Waals surface area (Å²) in [6, 6.07) is 0. The van der Waals surface area contributed by atoms with Gasteiger partial charge in [0.15, 0.2) is 0 Å². The van der Waals surface area contributed by atoms with Gasteiger partial charge in [0.05, 0.1) is 5.92 Å². The zero-order valence-corrected chi connectivity index (χ0v) is 15.3. The summed E-state index contributed by atoms with van der Waals surface area (Å²) < 4.78 is 5.04. The van der Waals surface area contributed by atoms with Crippen LogP contribution < -0.4 is 0 Å². The molecular weight excluding hydrogens is 300 g/mol. The van der Waals surface area contributed by atoms with Gasteiger partial charge in [-0.2, -0.15) is 0 Å². The number of allylic oxidation sites excluding steroid dienone is 1. The summed E-state index contributed by atoms with van der Waals surface area (Å²) >= 11 is 0. The molecule has 0 spiro atoms. The van der Waals surface area contributed by atoms with Gasteiger partial charge >= 0.3 is 5.97 Å². The number of esters is 1. The molecule has 3 atom stereocenters. The molecule has 0 bridgehead atoms. The Morgan fingerprint density at radius 3 is 2.17 bits per heavy atom. The van der Waals surface area contributed by atoms with Crippen LogP contribution >= 0.6 is 0 Å². The molecule has 0 aromatic heterocycles. The Kier molecular flexibility index (Phi) is 11.3. The second kappa shape index (κ2) is 13.1. The summed E-state index contributed by atoms with van der Waals surface area (Å²) in [4.78, 5) is 11.6. The van der Waals surface area contributed by atoms with Crippen molar-refractivity contribution < 1.29 is 14.6 Å². The quantitative estimate of drug-likeness (QED) is 0.242. The average Bonchev–Trinajstić information content (AvgIpc) is 2.81. The second-order valence-electron chi connectivity index (χ2n) is 6.79. The van der Waals surface area contributed by atoms with E-state index in [-0.39, 0.29) is 18.0 Å². The van der Waals surface area contributed by atoms with Crippen LogP contribution in [-0.2, 0) is 9.53 Å². The van der Waals surface area contributed by atoms with E-state index in [0.29, 0.717) is 0 Å². The highest BCUT2D eigenvalue weighted by atomic mass is 16.6. The highest BCUT2D eigenvalue weighted by molar-refractivity contribution is 5.75. The lowest BCUT2D eigenvalue weighted by atomic mass is 9.95. The maximum Gasteiger partial charge on any atom is 0.312 e. The van der Waals surface area contributed by atoms with E-state index in [1.165, 1.54) is 25.7 Å². The number of unbranched alkanes of at least 4 members (excludes halogenated alkanes) is 9. The normalized spacial score (nSPS) is 22.8. The van der Waals surface area contributed by atoms with Gasteiger partial charge in [-0.25, -0.2) is 0 Å². The Labute approximate surface area is 147 Å². The number of hydrogen-bond donors (Lipinski definition) is 1. The molecule has 1 fully saturated rings. The Bertz CT molecular complexity index is 419. The van der Waals surface area contributed by atoms with Crippen LogP contribution in [-0.4, -0.2) is 23.3 Å². The van der Waals surface area contributed by atoms with Gasteiger partial charge in [0.2, 0.25) is 0 Å². The summed E-state index contributed by atoms with van der Waals surface area (Å²) in [5.74, 6) is 5.98. The standard InChI is InChI=1S/C21H34O3/c1-3-4-5-6-7-8-9-10-11-12-13-14-15-16-17-19-20(22)18(2)24-21(19)23/h3,18-20,22H,1,4-9,12-17H2,2H3/t18-,19-,20-/m0/s1. The lowest BCUT2D eigenvalue weighted by Crippen LogP contribution is -2.24. The van der Waals surface area contributed by atoms with Gasteiger partial charge in [-0.15, -0.1) is 18.4 Å². The molecule has 3 nitrogen and oxygen atoms in total. The first-order valence-electron chi connectivity index (χ1n) is 9.62. The first-order chi connectivity index (χ1) is 11.7. The highest BCUT2D eigenvalue weighted by Crippen LogP contribution is 2.26. The first kappa shape index (κ1) is 20.8. The van der Waals surface area contributed by atoms with Gasteiger partial charge in [-0.3, -0.25) is 4.79 Å². The van der Waals surface area contributed by atoms with E-state index in [0.717, 1.165) is 51.4 Å². The van der Waals surface area contributed by atoms with Gasteiger partial charge in [-0.05, 0) is 39.0 Å². The van der Waals surface area contributed by atoms with Crippen LogP contribution in [0.1, 0.15) is 84.0 Å². The van der Waals surface area contributed by atoms with Crippen molar-refractivity contribution in [1.29, 1.82) is 0 Å². The van der Waals surface area contributed by atoms with E-state index < -0.39 is 6.10 Å². The number of carbonyl (C=O) groups excluding carboxylic acids is 1. The molecule has 0 unspecified atom stereocenters. The van der Waals surface area contributed by atoms with Crippen LogP contribution in [0.4, 0.5) is 0 Å². The van der Waals surface area contributed by atoms with Crippen LogP contribution in [0.15, 0.2) is 12.7 Å². The molecule has 3 heteroatoms. The number of hydrogen-bond acceptors (Lipinski definition) is 3. The molecule has 1 saturated heterocycles. The fourth-order valence-electron chi connectivity index (χ4n) is 3.06. The van der Waals surface area contributed by atoms with Gasteiger partial charge in [0.25, 0.3) is 0 Å². The van der Waals surface area contributed by atoms with Gasteiger partial charge < -0.3 is 9.84 Å². The van der Waals surface area contributed by atoms with Crippen LogP contribution in [0, 0.1) is 17.8 Å². The molecule has 1 N–H and O–H groups in total. The predicted molar refractivity (Wildman–Crippen MR) is 98.4 cm³/mol. The predicted octanol–water partition coefficient (Wildman–Crippen LogP) is 4.78. The fraction of sp³-hybridized carbons (Fsp3) is 0.762. The third-order valence-electron chi connectivity index (χ3n) is 4.65. The second-order valence-corrected chi connectivity index (χ2v) is 6.79. The van der Waals surface area contributed by atoms with E-state index >= 15 is 0 Å². The molecule has 1 rings (SSSR count). The summed E-state index contributed by atoms with van der Waals surface area (Å²) in [6.07, 6.45) is 14.2. The minimum Gasteiger partial charge on any atom is -0.460 e. The average molecular weight is 334 g/mol. The largest absolute Gasteiger partial charge is 0.460 e. The highest BCUT2D eigenvalue weighted by Gasteiger charge is 2.40. The minimum absolute atomic E-state index is 0.231. The number of cyclic esters (lactones) is 1. The molecule has 1 heterocycles. The van der Waals surface area contributed by atoms with Gasteiger partial charge in [0.1, 0.15) is 12.2 Å². The molecule has 24 heavy (non-hydrogen) atoms. The van der Waals surface area contributed by atoms with Crippen molar-refractivity contribution in [3.05, 3.63) is 12.7 Å². The summed E-state index contributed by atoms with van der Waals surface area (Å²) in [5.41, 5.74) is 0. The number of carbonyl (C=O) groups is 1. The lowest BCUT2D eigenvalue weighted by Gasteiger charge is -2.11. The van der Waals surface area contributed by atoms with Crippen molar-refractivity contribution >= 4 is 5.97 Å². The third-order valence-corrected chi connectivity index (χ3v) is 4.65. The molecule has 0 aliphatic carbocycles. The van der Waals surface area contributed by atoms with Crippen LogP contribution in [0.5, 0.6) is 0 Å². The Morgan fingerprint density at radius 2 is 1.62 bits per heavy atom. The van der Waals surface area contributed by atoms with Gasteiger partial charge in [0, 0.05) is 12.8 Å². The van der Waals surface area contributed by atoms with E-state index in [4.69, 9.17) is 4.74 Å². The van der Waals surface area contributed by atoms with Crippen LogP contribution in [0.25, 0.3) is 0 Å². The Balaban J connectivity index is 1.90. The zero-order valence-electron chi connectivity index (χ0n) is 15.3. The third kappa shape index (κ3) is 8.55. The van der Waals surface area contributed by atoms with Gasteiger partial charge in [-0.1, -0.05) is 38.2 Å². The number of aliphatic hydroxyl groups is 1. The summed E-state index contributed by atoms with van der Waals surface area (Å²) in [5, 5.41) is 9.86. The topological polar surface area (TPSA) is 46.5 Å². The molecule has 0 amide bonds. The maximum atomic E-state index is 11.6.